The molecule has 0 heterocycles. The zero-order chi connectivity index (χ0) is 12.3. The number of benzene rings is 1. The van der Waals surface area contributed by atoms with Crippen LogP contribution in [-0.4, -0.2) is 28.0 Å². The topological polar surface area (TPSA) is 86.7 Å². The van der Waals surface area contributed by atoms with Gasteiger partial charge in [0.25, 0.3) is 0 Å². The second-order valence-electron chi connectivity index (χ2n) is 3.42. The molecule has 0 spiro atoms. The molecule has 0 fully saturated rings. The molecule has 0 saturated heterocycles. The van der Waals surface area contributed by atoms with Gasteiger partial charge in [-0.2, -0.15) is 0 Å². The van der Waals surface area contributed by atoms with Crippen molar-refractivity contribution in [1.29, 1.82) is 0 Å². The van der Waals surface area contributed by atoms with Crippen molar-refractivity contribution >= 4 is 17.3 Å². The Labute approximate surface area is 97.1 Å². The monoisotopic (exact) mass is 249 g/mol. The molecule has 2 unspecified atom stereocenters. The molecule has 1 aromatic carbocycles. The van der Waals surface area contributed by atoms with Crippen molar-refractivity contribution in [2.24, 2.45) is 0 Å². The molecule has 0 saturated carbocycles. The molecule has 0 aliphatic carbocycles. The maximum atomic E-state index is 13.1. The molecule has 0 bridgehead atoms. The summed E-state index contributed by atoms with van der Waals surface area (Å²) in [6, 6.07) is 2.14. The van der Waals surface area contributed by atoms with Gasteiger partial charge in [0.05, 0.1) is 11.8 Å². The van der Waals surface area contributed by atoms with Gasteiger partial charge in [-0.15, -0.1) is 0 Å². The van der Waals surface area contributed by atoms with E-state index in [1.165, 1.54) is 6.07 Å². The standard InChI is InChI=1S/C10H13ClFNO3/c11-6-4-8(13)7(12)3-5(6)10(16)9(15)1-2-14/h3-4,9-10,14-16H,1-2,13H2. The molecule has 0 radical (unpaired) electrons. The van der Waals surface area contributed by atoms with E-state index >= 15 is 0 Å². The molecule has 0 aromatic heterocycles. The molecular formula is C10H13ClFNO3. The van der Waals surface area contributed by atoms with E-state index in [2.05, 4.69) is 0 Å². The number of aliphatic hydroxyl groups excluding tert-OH is 3. The molecule has 1 aromatic rings. The summed E-state index contributed by atoms with van der Waals surface area (Å²) in [5.74, 6) is -0.713. The zero-order valence-corrected chi connectivity index (χ0v) is 9.15. The lowest BCUT2D eigenvalue weighted by molar-refractivity contribution is 0.00414. The van der Waals surface area contributed by atoms with E-state index in [1.807, 2.05) is 0 Å². The number of aliphatic hydroxyl groups is 3. The number of nitrogen functional groups attached to an aromatic ring is 1. The van der Waals surface area contributed by atoms with Crippen LogP contribution in [0.3, 0.4) is 0 Å². The third-order valence-electron chi connectivity index (χ3n) is 2.22. The highest BCUT2D eigenvalue weighted by molar-refractivity contribution is 6.31. The second-order valence-corrected chi connectivity index (χ2v) is 3.83. The molecule has 4 nitrogen and oxygen atoms in total. The fourth-order valence-corrected chi connectivity index (χ4v) is 1.59. The van der Waals surface area contributed by atoms with Gasteiger partial charge in [0, 0.05) is 17.2 Å². The normalized spacial score (nSPS) is 14.8. The molecular weight excluding hydrogens is 237 g/mol. The lowest BCUT2D eigenvalue weighted by atomic mass is 10.0. The van der Waals surface area contributed by atoms with Crippen LogP contribution in [0.25, 0.3) is 0 Å². The Bertz CT molecular complexity index is 375. The summed E-state index contributed by atoms with van der Waals surface area (Å²) in [6.45, 7) is -0.284. The third-order valence-corrected chi connectivity index (χ3v) is 2.55. The first-order valence-electron chi connectivity index (χ1n) is 4.68. The molecule has 5 N–H and O–H groups in total. The highest BCUT2D eigenvalue weighted by Gasteiger charge is 2.21. The third kappa shape index (κ3) is 2.82. The minimum atomic E-state index is -1.35. The van der Waals surface area contributed by atoms with Crippen LogP contribution >= 0.6 is 11.6 Å². The van der Waals surface area contributed by atoms with Crippen molar-refractivity contribution in [3.63, 3.8) is 0 Å². The van der Waals surface area contributed by atoms with Crippen LogP contribution in [0, 0.1) is 5.82 Å². The molecule has 0 amide bonds. The van der Waals surface area contributed by atoms with E-state index in [9.17, 15) is 14.6 Å². The fraction of sp³-hybridized carbons (Fsp3) is 0.400. The molecule has 90 valence electrons. The van der Waals surface area contributed by atoms with E-state index in [0.717, 1.165) is 6.07 Å². The maximum Gasteiger partial charge on any atom is 0.146 e. The van der Waals surface area contributed by atoms with Crippen LogP contribution in [0.15, 0.2) is 12.1 Å². The van der Waals surface area contributed by atoms with Crippen molar-refractivity contribution in [3.05, 3.63) is 28.5 Å². The zero-order valence-electron chi connectivity index (χ0n) is 8.40. The number of rotatable bonds is 4. The maximum absolute atomic E-state index is 13.1. The first-order chi connectivity index (χ1) is 7.47. The minimum Gasteiger partial charge on any atom is -0.396 e. The van der Waals surface area contributed by atoms with Gasteiger partial charge in [-0.25, -0.2) is 4.39 Å². The van der Waals surface area contributed by atoms with Crippen molar-refractivity contribution < 1.29 is 19.7 Å². The van der Waals surface area contributed by atoms with Crippen LogP contribution in [0.2, 0.25) is 5.02 Å². The number of nitrogens with two attached hydrogens (primary N) is 1. The molecule has 0 aliphatic heterocycles. The smallest absolute Gasteiger partial charge is 0.146 e. The second kappa shape index (κ2) is 5.45. The Balaban J connectivity index is 2.99. The van der Waals surface area contributed by atoms with Crippen LogP contribution in [0.5, 0.6) is 0 Å². The van der Waals surface area contributed by atoms with Gasteiger partial charge in [0.15, 0.2) is 0 Å². The highest BCUT2D eigenvalue weighted by atomic mass is 35.5. The Hall–Kier alpha value is -0.880. The van der Waals surface area contributed by atoms with Gasteiger partial charge >= 0.3 is 0 Å². The average Bonchev–Trinajstić information content (AvgIpc) is 2.23. The van der Waals surface area contributed by atoms with Gasteiger partial charge in [-0.05, 0) is 18.6 Å². The first-order valence-corrected chi connectivity index (χ1v) is 5.06. The average molecular weight is 250 g/mol. The molecule has 16 heavy (non-hydrogen) atoms. The van der Waals surface area contributed by atoms with E-state index in [0.29, 0.717) is 0 Å². The van der Waals surface area contributed by atoms with Gasteiger partial charge in [-0.3, -0.25) is 0 Å². The van der Waals surface area contributed by atoms with E-state index < -0.39 is 18.0 Å². The predicted octanol–water partition coefficient (Wildman–Crippen LogP) is 0.838. The summed E-state index contributed by atoms with van der Waals surface area (Å²) in [7, 11) is 0. The number of halogens is 2. The van der Waals surface area contributed by atoms with Crippen molar-refractivity contribution in [3.8, 4) is 0 Å². The van der Waals surface area contributed by atoms with Crippen molar-refractivity contribution in [2.45, 2.75) is 18.6 Å². The summed E-state index contributed by atoms with van der Waals surface area (Å²) in [5, 5.41) is 27.8. The quantitative estimate of drug-likeness (QED) is 0.596. The SMILES string of the molecule is Nc1cc(Cl)c(C(O)C(O)CCO)cc1F. The fourth-order valence-electron chi connectivity index (χ4n) is 1.30. The van der Waals surface area contributed by atoms with Crippen LogP contribution < -0.4 is 5.73 Å². The van der Waals surface area contributed by atoms with Crippen molar-refractivity contribution in [1.82, 2.24) is 0 Å². The Morgan fingerprint density at radius 2 is 2.00 bits per heavy atom. The van der Waals surface area contributed by atoms with Gasteiger partial charge in [-0.1, -0.05) is 11.6 Å². The van der Waals surface area contributed by atoms with E-state index in [4.69, 9.17) is 22.4 Å². The largest absolute Gasteiger partial charge is 0.396 e. The summed E-state index contributed by atoms with van der Waals surface area (Å²) < 4.78 is 13.1. The number of hydrogen-bond donors (Lipinski definition) is 4. The van der Waals surface area contributed by atoms with Gasteiger partial charge < -0.3 is 21.1 Å². The van der Waals surface area contributed by atoms with Crippen LogP contribution in [0.1, 0.15) is 18.1 Å². The summed E-state index contributed by atoms with van der Waals surface area (Å²) >= 11 is 5.76. The van der Waals surface area contributed by atoms with Crippen LogP contribution in [-0.2, 0) is 0 Å². The molecule has 6 heteroatoms. The van der Waals surface area contributed by atoms with Gasteiger partial charge in [0.2, 0.25) is 0 Å². The molecule has 1 rings (SSSR count). The molecule has 2 atom stereocenters. The Kier molecular flexibility index (Phi) is 4.49. The summed E-state index contributed by atoms with van der Waals surface area (Å²) in [5.41, 5.74) is 5.20. The van der Waals surface area contributed by atoms with Gasteiger partial charge in [0.1, 0.15) is 11.9 Å². The van der Waals surface area contributed by atoms with Crippen LogP contribution in [0.4, 0.5) is 10.1 Å². The Morgan fingerprint density at radius 1 is 1.38 bits per heavy atom. The summed E-state index contributed by atoms with van der Waals surface area (Å²) in [6.07, 6.45) is -2.58. The lowest BCUT2D eigenvalue weighted by Crippen LogP contribution is -2.20. The Morgan fingerprint density at radius 3 is 2.56 bits per heavy atom. The number of anilines is 1. The lowest BCUT2D eigenvalue weighted by Gasteiger charge is -2.18. The van der Waals surface area contributed by atoms with Crippen molar-refractivity contribution in [2.75, 3.05) is 12.3 Å². The summed E-state index contributed by atoms with van der Waals surface area (Å²) in [4.78, 5) is 0. The van der Waals surface area contributed by atoms with E-state index in [1.54, 1.807) is 0 Å². The van der Waals surface area contributed by atoms with E-state index in [-0.39, 0.29) is 29.3 Å². The highest BCUT2D eigenvalue weighted by Crippen LogP contribution is 2.29. The minimum absolute atomic E-state index is 0.0243. The number of hydrogen-bond acceptors (Lipinski definition) is 4. The predicted molar refractivity (Wildman–Crippen MR) is 58.5 cm³/mol. The molecule has 0 aliphatic rings. The first kappa shape index (κ1) is 13.2.